The average Bonchev–Trinajstić information content (AvgIpc) is 2.47. The van der Waals surface area contributed by atoms with E-state index < -0.39 is 5.91 Å². The minimum atomic E-state index is -0.414. The van der Waals surface area contributed by atoms with E-state index in [1.165, 1.54) is 14.2 Å². The number of carbonyl (C=O) groups excluding carboxylic acids is 2. The Morgan fingerprint density at radius 1 is 1.50 bits per heavy atom. The molecule has 0 aliphatic rings. The average molecular weight is 295 g/mol. The van der Waals surface area contributed by atoms with E-state index in [0.717, 1.165) is 0 Å². The van der Waals surface area contributed by atoms with Crippen molar-refractivity contribution < 1.29 is 18.7 Å². The van der Waals surface area contributed by atoms with Crippen molar-refractivity contribution >= 4 is 34.9 Å². The SMILES string of the molecule is CNC(=O)c1cc2ccc(OC)c(Cl)c2oc1=NC=O. The molecule has 1 aromatic heterocycles. The molecule has 1 heterocycles. The van der Waals surface area contributed by atoms with Gasteiger partial charge in [0.05, 0.1) is 7.11 Å². The van der Waals surface area contributed by atoms with Crippen LogP contribution in [-0.2, 0) is 4.79 Å². The van der Waals surface area contributed by atoms with E-state index in [1.54, 1.807) is 18.2 Å². The molecule has 0 spiro atoms. The monoisotopic (exact) mass is 294 g/mol. The summed E-state index contributed by atoms with van der Waals surface area (Å²) in [6.07, 6.45) is 0.297. The molecule has 20 heavy (non-hydrogen) atoms. The van der Waals surface area contributed by atoms with Crippen molar-refractivity contribution in [3.05, 3.63) is 34.3 Å². The molecule has 2 amide bonds. The first-order chi connectivity index (χ1) is 9.62. The number of nitrogens with zero attached hydrogens (tertiary/aromatic N) is 1. The maximum Gasteiger partial charge on any atom is 0.256 e. The third-order valence-corrected chi connectivity index (χ3v) is 3.04. The summed E-state index contributed by atoms with van der Waals surface area (Å²) in [5.41, 5.74) is 0.328. The lowest BCUT2D eigenvalue weighted by Crippen LogP contribution is -2.25. The van der Waals surface area contributed by atoms with E-state index in [9.17, 15) is 9.59 Å². The molecule has 0 saturated heterocycles. The summed E-state index contributed by atoms with van der Waals surface area (Å²) in [7, 11) is 2.95. The van der Waals surface area contributed by atoms with Gasteiger partial charge in [-0.1, -0.05) is 11.6 Å². The topological polar surface area (TPSA) is 80.9 Å². The Hall–Kier alpha value is -2.34. The van der Waals surface area contributed by atoms with Crippen LogP contribution in [-0.4, -0.2) is 26.5 Å². The summed E-state index contributed by atoms with van der Waals surface area (Å²) in [4.78, 5) is 25.8. The van der Waals surface area contributed by atoms with E-state index in [2.05, 4.69) is 10.3 Å². The number of hydrogen-bond acceptors (Lipinski definition) is 4. The number of methoxy groups -OCH3 is 1. The van der Waals surface area contributed by atoms with E-state index in [0.29, 0.717) is 23.1 Å². The van der Waals surface area contributed by atoms with Crippen LogP contribution in [0.15, 0.2) is 27.6 Å². The Morgan fingerprint density at radius 3 is 2.85 bits per heavy atom. The molecule has 6 nitrogen and oxygen atoms in total. The highest BCUT2D eigenvalue weighted by Gasteiger charge is 2.14. The van der Waals surface area contributed by atoms with Crippen molar-refractivity contribution in [3.8, 4) is 5.75 Å². The molecular weight excluding hydrogens is 284 g/mol. The largest absolute Gasteiger partial charge is 0.495 e. The third kappa shape index (κ3) is 2.37. The first-order valence-electron chi connectivity index (χ1n) is 5.62. The van der Waals surface area contributed by atoms with Crippen LogP contribution in [0.25, 0.3) is 11.0 Å². The van der Waals surface area contributed by atoms with E-state index in [-0.39, 0.29) is 16.1 Å². The third-order valence-electron chi connectivity index (χ3n) is 2.68. The van der Waals surface area contributed by atoms with E-state index in [1.807, 2.05) is 0 Å². The number of amides is 2. The second kappa shape index (κ2) is 5.75. The fourth-order valence-corrected chi connectivity index (χ4v) is 2.03. The molecule has 7 heteroatoms. The van der Waals surface area contributed by atoms with Gasteiger partial charge in [0.25, 0.3) is 5.91 Å². The number of rotatable bonds is 3. The van der Waals surface area contributed by atoms with Crippen LogP contribution in [0.1, 0.15) is 10.4 Å². The summed E-state index contributed by atoms with van der Waals surface area (Å²) >= 11 is 6.13. The van der Waals surface area contributed by atoms with Gasteiger partial charge in [0.15, 0.2) is 5.58 Å². The highest BCUT2D eigenvalue weighted by atomic mass is 35.5. The van der Waals surface area contributed by atoms with Gasteiger partial charge in [-0.25, -0.2) is 0 Å². The van der Waals surface area contributed by atoms with Gasteiger partial charge in [-0.3, -0.25) is 9.59 Å². The van der Waals surface area contributed by atoms with Crippen molar-refractivity contribution in [3.63, 3.8) is 0 Å². The predicted octanol–water partition coefficient (Wildman–Crippen LogP) is 1.51. The van der Waals surface area contributed by atoms with Gasteiger partial charge in [-0.05, 0) is 18.2 Å². The first-order valence-corrected chi connectivity index (χ1v) is 6.00. The van der Waals surface area contributed by atoms with Crippen molar-refractivity contribution in [2.45, 2.75) is 0 Å². The van der Waals surface area contributed by atoms with Gasteiger partial charge in [0.2, 0.25) is 12.0 Å². The normalized spacial score (nSPS) is 11.4. The molecule has 104 valence electrons. The number of benzene rings is 1. The number of nitrogens with one attached hydrogen (secondary N) is 1. The summed E-state index contributed by atoms with van der Waals surface area (Å²) < 4.78 is 10.5. The molecule has 1 aromatic carbocycles. The predicted molar refractivity (Wildman–Crippen MR) is 72.8 cm³/mol. The standard InChI is InChI=1S/C13H11ClN2O4/c1-15-12(18)8-5-7-3-4-9(19-2)10(14)11(7)20-13(8)16-6-17/h3-6H,1-2H3,(H,15,18). The van der Waals surface area contributed by atoms with Crippen LogP contribution >= 0.6 is 11.6 Å². The number of carbonyl (C=O) groups is 2. The van der Waals surface area contributed by atoms with Crippen LogP contribution in [0.2, 0.25) is 5.02 Å². The number of ether oxygens (including phenoxy) is 1. The molecule has 0 atom stereocenters. The Balaban J connectivity index is 2.85. The van der Waals surface area contributed by atoms with Crippen molar-refractivity contribution in [1.29, 1.82) is 0 Å². The van der Waals surface area contributed by atoms with Crippen LogP contribution in [0.5, 0.6) is 5.75 Å². The lowest BCUT2D eigenvalue weighted by molar-refractivity contribution is -0.107. The van der Waals surface area contributed by atoms with Crippen LogP contribution in [0, 0.1) is 0 Å². The first kappa shape index (κ1) is 14.1. The van der Waals surface area contributed by atoms with Crippen molar-refractivity contribution in [1.82, 2.24) is 5.32 Å². The van der Waals surface area contributed by atoms with E-state index in [4.69, 9.17) is 20.8 Å². The minimum Gasteiger partial charge on any atom is -0.495 e. The molecule has 0 saturated carbocycles. The zero-order valence-corrected chi connectivity index (χ0v) is 11.5. The summed E-state index contributed by atoms with van der Waals surface area (Å²) in [6, 6.07) is 4.90. The van der Waals surface area contributed by atoms with Crippen LogP contribution in [0.3, 0.4) is 0 Å². The number of hydrogen-bond donors (Lipinski definition) is 1. The minimum absolute atomic E-state index is 0.109. The zero-order chi connectivity index (χ0) is 14.7. The Labute approximate surface area is 119 Å². The molecule has 0 aliphatic heterocycles. The number of halogens is 1. The van der Waals surface area contributed by atoms with Crippen molar-refractivity contribution in [2.75, 3.05) is 14.2 Å². The highest BCUT2D eigenvalue weighted by Crippen LogP contribution is 2.32. The van der Waals surface area contributed by atoms with Gasteiger partial charge in [0.1, 0.15) is 16.3 Å². The summed E-state index contributed by atoms with van der Waals surface area (Å²) in [5, 5.41) is 3.29. The molecule has 2 aromatic rings. The van der Waals surface area contributed by atoms with Gasteiger partial charge >= 0.3 is 0 Å². The molecular formula is C13H11ClN2O4. The second-order valence-electron chi connectivity index (χ2n) is 3.78. The second-order valence-corrected chi connectivity index (χ2v) is 4.16. The van der Waals surface area contributed by atoms with Crippen LogP contribution in [0.4, 0.5) is 0 Å². The Morgan fingerprint density at radius 2 is 2.25 bits per heavy atom. The maximum absolute atomic E-state index is 11.8. The smallest absolute Gasteiger partial charge is 0.256 e. The van der Waals surface area contributed by atoms with E-state index >= 15 is 0 Å². The molecule has 0 radical (unpaired) electrons. The van der Waals surface area contributed by atoms with Gasteiger partial charge < -0.3 is 14.5 Å². The van der Waals surface area contributed by atoms with Gasteiger partial charge in [-0.2, -0.15) is 4.99 Å². The Bertz CT molecular complexity index is 752. The molecule has 0 unspecified atom stereocenters. The fourth-order valence-electron chi connectivity index (χ4n) is 1.74. The van der Waals surface area contributed by atoms with Gasteiger partial charge in [0, 0.05) is 12.4 Å². The molecule has 1 N–H and O–H groups in total. The molecule has 2 rings (SSSR count). The zero-order valence-electron chi connectivity index (χ0n) is 10.8. The number of fused-ring (bicyclic) bond motifs is 1. The lowest BCUT2D eigenvalue weighted by Gasteiger charge is -2.07. The fraction of sp³-hybridized carbons (Fsp3) is 0.154. The Kier molecular flexibility index (Phi) is 4.05. The quantitative estimate of drug-likeness (QED) is 0.870. The summed E-state index contributed by atoms with van der Waals surface area (Å²) in [5.74, 6) is 0.0100. The maximum atomic E-state index is 11.8. The molecule has 0 fully saturated rings. The molecule has 0 bridgehead atoms. The summed E-state index contributed by atoms with van der Waals surface area (Å²) in [6.45, 7) is 0. The van der Waals surface area contributed by atoms with Crippen molar-refractivity contribution in [2.24, 2.45) is 4.99 Å². The molecule has 0 aliphatic carbocycles. The van der Waals surface area contributed by atoms with Gasteiger partial charge in [-0.15, -0.1) is 0 Å². The highest BCUT2D eigenvalue weighted by molar-refractivity contribution is 6.36. The van der Waals surface area contributed by atoms with Crippen LogP contribution < -0.4 is 15.6 Å². The lowest BCUT2D eigenvalue weighted by atomic mass is 10.1.